The van der Waals surface area contributed by atoms with Gasteiger partial charge >= 0.3 is 0 Å². The largest absolute Gasteiger partial charge is 0.340 e. The lowest BCUT2D eigenvalue weighted by Crippen LogP contribution is -2.50. The van der Waals surface area contributed by atoms with E-state index < -0.39 is 0 Å². The molecule has 1 unspecified atom stereocenters. The third kappa shape index (κ3) is 4.85. The minimum Gasteiger partial charge on any atom is -0.340 e. The molecule has 0 spiro atoms. The van der Waals surface area contributed by atoms with E-state index in [1.54, 1.807) is 11.3 Å². The highest BCUT2D eigenvalue weighted by atomic mass is 32.1. The zero-order chi connectivity index (χ0) is 20.2. The van der Waals surface area contributed by atoms with Crippen molar-refractivity contribution < 1.29 is 9.59 Å². The highest BCUT2D eigenvalue weighted by Crippen LogP contribution is 2.34. The first-order chi connectivity index (χ1) is 14.2. The van der Waals surface area contributed by atoms with E-state index in [4.69, 9.17) is 0 Å². The Labute approximate surface area is 179 Å². The van der Waals surface area contributed by atoms with Gasteiger partial charge in [-0.1, -0.05) is 19.8 Å². The lowest BCUT2D eigenvalue weighted by atomic mass is 9.87. The van der Waals surface area contributed by atoms with Crippen molar-refractivity contribution in [1.82, 2.24) is 14.7 Å². The Bertz CT molecular complexity index is 716. The fraction of sp³-hybridized carbons (Fsp3) is 0.739. The van der Waals surface area contributed by atoms with Gasteiger partial charge in [-0.3, -0.25) is 14.5 Å². The maximum absolute atomic E-state index is 13.1. The highest BCUT2D eigenvalue weighted by Gasteiger charge is 2.32. The number of fused-ring (bicyclic) bond motifs is 1. The number of thiophene rings is 1. The van der Waals surface area contributed by atoms with Crippen LogP contribution in [-0.2, 0) is 17.6 Å². The van der Waals surface area contributed by atoms with Gasteiger partial charge in [-0.05, 0) is 56.7 Å². The fourth-order valence-corrected chi connectivity index (χ4v) is 6.21. The van der Waals surface area contributed by atoms with Crippen LogP contribution in [0.1, 0.15) is 65.6 Å². The van der Waals surface area contributed by atoms with Gasteiger partial charge in [0, 0.05) is 50.1 Å². The summed E-state index contributed by atoms with van der Waals surface area (Å²) in [6.45, 7) is 8.88. The Balaban J connectivity index is 1.36. The van der Waals surface area contributed by atoms with Gasteiger partial charge in [0.2, 0.25) is 5.91 Å². The predicted molar refractivity (Wildman–Crippen MR) is 118 cm³/mol. The average Bonchev–Trinajstić information content (AvgIpc) is 2.98. The van der Waals surface area contributed by atoms with Crippen LogP contribution in [0.15, 0.2) is 6.07 Å². The molecule has 0 N–H and O–H groups in total. The summed E-state index contributed by atoms with van der Waals surface area (Å²) in [4.78, 5) is 34.9. The molecule has 3 heterocycles. The zero-order valence-corrected chi connectivity index (χ0v) is 18.6. The first-order valence-corrected chi connectivity index (χ1v) is 12.4. The van der Waals surface area contributed by atoms with Gasteiger partial charge in [-0.15, -0.1) is 11.3 Å². The number of piperazine rings is 1. The van der Waals surface area contributed by atoms with Crippen molar-refractivity contribution in [2.24, 2.45) is 5.92 Å². The summed E-state index contributed by atoms with van der Waals surface area (Å²) in [5.74, 6) is 0.635. The number of carbonyl (C=O) groups excluding carboxylic acids is 2. The summed E-state index contributed by atoms with van der Waals surface area (Å²) in [5.41, 5.74) is 1.25. The van der Waals surface area contributed by atoms with Crippen LogP contribution in [0.2, 0.25) is 0 Å². The van der Waals surface area contributed by atoms with Crippen molar-refractivity contribution in [3.05, 3.63) is 21.4 Å². The van der Waals surface area contributed by atoms with E-state index in [-0.39, 0.29) is 11.8 Å². The van der Waals surface area contributed by atoms with E-state index in [1.807, 2.05) is 4.90 Å². The molecule has 160 valence electrons. The van der Waals surface area contributed by atoms with Crippen molar-refractivity contribution in [3.8, 4) is 0 Å². The molecule has 6 heteroatoms. The Morgan fingerprint density at radius 1 is 1.00 bits per heavy atom. The molecule has 1 aromatic rings. The van der Waals surface area contributed by atoms with Crippen molar-refractivity contribution in [2.75, 3.05) is 45.8 Å². The quantitative estimate of drug-likeness (QED) is 0.754. The minimum absolute atomic E-state index is 0.0935. The molecular weight excluding hydrogens is 382 g/mol. The van der Waals surface area contributed by atoms with E-state index in [9.17, 15) is 9.59 Å². The summed E-state index contributed by atoms with van der Waals surface area (Å²) >= 11 is 1.68. The summed E-state index contributed by atoms with van der Waals surface area (Å²) in [5, 5.41) is 0. The number of carbonyl (C=O) groups is 2. The molecule has 1 atom stereocenters. The Kier molecular flexibility index (Phi) is 6.91. The van der Waals surface area contributed by atoms with Gasteiger partial charge in [0.15, 0.2) is 0 Å². The number of aryl methyl sites for hydroxylation is 1. The number of hydrogen-bond donors (Lipinski definition) is 0. The van der Waals surface area contributed by atoms with E-state index in [2.05, 4.69) is 22.8 Å². The van der Waals surface area contributed by atoms with Gasteiger partial charge < -0.3 is 9.80 Å². The van der Waals surface area contributed by atoms with Crippen molar-refractivity contribution in [3.63, 3.8) is 0 Å². The third-order valence-corrected chi connectivity index (χ3v) is 7.99. The SMILES string of the molecule is CCCN1CCN(C(=O)C2CCc3sc(C(=O)N4CCCCCC4)cc3C2)CC1. The Hall–Kier alpha value is -1.40. The molecule has 0 bridgehead atoms. The first kappa shape index (κ1) is 20.9. The van der Waals surface area contributed by atoms with Crippen molar-refractivity contribution in [2.45, 2.75) is 58.3 Å². The molecule has 0 saturated carbocycles. The first-order valence-electron chi connectivity index (χ1n) is 11.6. The topological polar surface area (TPSA) is 43.9 Å². The second-order valence-electron chi connectivity index (χ2n) is 8.87. The molecule has 5 nitrogen and oxygen atoms in total. The molecule has 0 aromatic carbocycles. The van der Waals surface area contributed by atoms with Crippen LogP contribution in [-0.4, -0.2) is 72.3 Å². The number of amides is 2. The van der Waals surface area contributed by atoms with Crippen LogP contribution in [0.4, 0.5) is 0 Å². The smallest absolute Gasteiger partial charge is 0.263 e. The summed E-state index contributed by atoms with van der Waals surface area (Å²) < 4.78 is 0. The number of hydrogen-bond acceptors (Lipinski definition) is 4. The molecule has 3 aliphatic rings. The van der Waals surface area contributed by atoms with Crippen LogP contribution < -0.4 is 0 Å². The standard InChI is InChI=1S/C23H35N3O2S/c1-2-9-24-12-14-26(15-13-24)22(27)18-7-8-20-19(16-18)17-21(29-20)23(28)25-10-5-3-4-6-11-25/h17-18H,2-16H2,1H3. The van der Waals surface area contributed by atoms with E-state index in [0.29, 0.717) is 5.91 Å². The van der Waals surface area contributed by atoms with Gasteiger partial charge in [0.1, 0.15) is 0 Å². The lowest BCUT2D eigenvalue weighted by Gasteiger charge is -2.37. The molecule has 1 aromatic heterocycles. The maximum atomic E-state index is 13.1. The lowest BCUT2D eigenvalue weighted by molar-refractivity contribution is -0.137. The van der Waals surface area contributed by atoms with E-state index in [1.165, 1.54) is 29.7 Å². The van der Waals surface area contributed by atoms with Gasteiger partial charge in [0.05, 0.1) is 4.88 Å². The van der Waals surface area contributed by atoms with E-state index >= 15 is 0 Å². The fourth-order valence-electron chi connectivity index (χ4n) is 5.04. The van der Waals surface area contributed by atoms with Crippen LogP contribution in [0.3, 0.4) is 0 Å². The van der Waals surface area contributed by atoms with Crippen molar-refractivity contribution >= 4 is 23.2 Å². The monoisotopic (exact) mass is 417 g/mol. The van der Waals surface area contributed by atoms with Crippen LogP contribution in [0.25, 0.3) is 0 Å². The average molecular weight is 418 g/mol. The summed E-state index contributed by atoms with van der Waals surface area (Å²) in [6.07, 6.45) is 8.59. The van der Waals surface area contributed by atoms with E-state index in [0.717, 1.165) is 82.8 Å². The molecule has 2 saturated heterocycles. The minimum atomic E-state index is 0.0935. The van der Waals surface area contributed by atoms with Gasteiger partial charge in [0.25, 0.3) is 5.91 Å². The molecule has 4 rings (SSSR count). The van der Waals surface area contributed by atoms with Gasteiger partial charge in [-0.2, -0.15) is 0 Å². The van der Waals surface area contributed by atoms with Crippen LogP contribution in [0.5, 0.6) is 0 Å². The number of likely N-dealkylation sites (tertiary alicyclic amines) is 1. The molecule has 0 radical (unpaired) electrons. The van der Waals surface area contributed by atoms with Crippen molar-refractivity contribution in [1.29, 1.82) is 0 Å². The predicted octanol–water partition coefficient (Wildman–Crippen LogP) is 3.42. The molecular formula is C23H35N3O2S. The molecule has 2 amide bonds. The highest BCUT2D eigenvalue weighted by molar-refractivity contribution is 7.14. The number of nitrogens with zero attached hydrogens (tertiary/aromatic N) is 3. The number of rotatable bonds is 4. The van der Waals surface area contributed by atoms with Gasteiger partial charge in [-0.25, -0.2) is 0 Å². The van der Waals surface area contributed by atoms with Crippen LogP contribution >= 0.6 is 11.3 Å². The second-order valence-corrected chi connectivity index (χ2v) is 10.0. The Morgan fingerprint density at radius 3 is 2.41 bits per heavy atom. The second kappa shape index (κ2) is 9.61. The molecule has 1 aliphatic carbocycles. The molecule has 29 heavy (non-hydrogen) atoms. The zero-order valence-electron chi connectivity index (χ0n) is 17.8. The normalized spacial score (nSPS) is 23.6. The third-order valence-electron chi connectivity index (χ3n) is 6.76. The summed E-state index contributed by atoms with van der Waals surface area (Å²) in [7, 11) is 0. The maximum Gasteiger partial charge on any atom is 0.263 e. The molecule has 2 fully saturated rings. The Morgan fingerprint density at radius 2 is 1.72 bits per heavy atom. The van der Waals surface area contributed by atoms with Crippen LogP contribution in [0, 0.1) is 5.92 Å². The summed E-state index contributed by atoms with van der Waals surface area (Å²) in [6, 6.07) is 2.10. The molecule has 2 aliphatic heterocycles.